The van der Waals surface area contributed by atoms with E-state index in [4.69, 9.17) is 0 Å². The maximum Gasteiger partial charge on any atom is 0.337 e. The zero-order valence-corrected chi connectivity index (χ0v) is 25.0. The molecule has 0 aromatic heterocycles. The molecular weight excluding hydrogens is 612 g/mol. The molecule has 0 aliphatic rings. The van der Waals surface area contributed by atoms with Crippen molar-refractivity contribution in [3.8, 4) is 22.3 Å². The number of carbonyl (C=O) groups is 4. The molecule has 0 aliphatic heterocycles. The van der Waals surface area contributed by atoms with E-state index in [9.17, 15) is 39.6 Å². The van der Waals surface area contributed by atoms with Crippen LogP contribution in [0.1, 0.15) is 41.4 Å². The van der Waals surface area contributed by atoms with Crippen LogP contribution >= 0.6 is 0 Å². The van der Waals surface area contributed by atoms with Crippen LogP contribution in [-0.2, 0) is 0 Å². The third kappa shape index (κ3) is 5.88. The van der Waals surface area contributed by atoms with E-state index in [1.807, 2.05) is 60.7 Å². The van der Waals surface area contributed by atoms with E-state index in [1.165, 1.54) is 0 Å². The lowest BCUT2D eigenvalue weighted by Crippen LogP contribution is -2.15. The fraction of sp³-hybridized carbons (Fsp3) is 0. The Balaban J connectivity index is 1.68. The first-order valence-electron chi connectivity index (χ1n) is 14.6. The van der Waals surface area contributed by atoms with Gasteiger partial charge < -0.3 is 31.1 Å². The summed E-state index contributed by atoms with van der Waals surface area (Å²) in [5.74, 6) is -6.22. The number of anilines is 4. The van der Waals surface area contributed by atoms with Gasteiger partial charge in [0, 0.05) is 44.6 Å². The molecule has 0 unspecified atom stereocenters. The molecule has 6 rings (SSSR count). The maximum atomic E-state index is 13.2. The van der Waals surface area contributed by atoms with Crippen LogP contribution in [0.25, 0.3) is 33.0 Å². The zero-order chi connectivity index (χ0) is 33.9. The molecule has 48 heavy (non-hydrogen) atoms. The van der Waals surface area contributed by atoms with Crippen LogP contribution in [0.15, 0.2) is 121 Å². The van der Waals surface area contributed by atoms with E-state index in [1.54, 1.807) is 48.5 Å². The number of nitrogens with one attached hydrogen (secondary N) is 2. The van der Waals surface area contributed by atoms with Crippen LogP contribution in [0.4, 0.5) is 22.7 Å². The Morgan fingerprint density at radius 2 is 0.688 bits per heavy atom. The summed E-state index contributed by atoms with van der Waals surface area (Å²) in [6, 6.07) is 33.7. The Morgan fingerprint density at radius 3 is 0.979 bits per heavy atom. The maximum absolute atomic E-state index is 13.2. The Bertz CT molecular complexity index is 2060. The van der Waals surface area contributed by atoms with Gasteiger partial charge in [-0.15, -0.1) is 0 Å². The Kier molecular flexibility index (Phi) is 8.29. The molecule has 0 fully saturated rings. The van der Waals surface area contributed by atoms with Crippen LogP contribution in [0.5, 0.6) is 0 Å². The van der Waals surface area contributed by atoms with Crippen molar-refractivity contribution in [2.24, 2.45) is 0 Å². The fourth-order valence-electron chi connectivity index (χ4n) is 5.80. The summed E-state index contributed by atoms with van der Waals surface area (Å²) >= 11 is 0. The van der Waals surface area contributed by atoms with Crippen LogP contribution in [0.3, 0.4) is 0 Å². The van der Waals surface area contributed by atoms with Gasteiger partial charge in [-0.1, -0.05) is 60.7 Å². The smallest absolute Gasteiger partial charge is 0.337 e. The molecule has 10 heteroatoms. The summed E-state index contributed by atoms with van der Waals surface area (Å²) in [5.41, 5.74) is 1.11. The zero-order valence-electron chi connectivity index (χ0n) is 25.0. The van der Waals surface area contributed by atoms with Crippen LogP contribution in [0.2, 0.25) is 0 Å². The molecule has 6 aromatic carbocycles. The number of hydrogen-bond donors (Lipinski definition) is 6. The van der Waals surface area contributed by atoms with Gasteiger partial charge in [-0.25, -0.2) is 19.2 Å². The van der Waals surface area contributed by atoms with Crippen molar-refractivity contribution in [1.29, 1.82) is 0 Å². The van der Waals surface area contributed by atoms with Gasteiger partial charge in [0.25, 0.3) is 0 Å². The van der Waals surface area contributed by atoms with E-state index in [0.29, 0.717) is 11.4 Å². The number of aromatic carboxylic acids is 4. The number of fused-ring (bicyclic) bond motifs is 1. The summed E-state index contributed by atoms with van der Waals surface area (Å²) in [5, 5.41) is 47.1. The molecule has 0 saturated carbocycles. The summed E-state index contributed by atoms with van der Waals surface area (Å²) in [6.07, 6.45) is 0. The van der Waals surface area contributed by atoms with E-state index < -0.39 is 56.9 Å². The molecular formula is C38H26N2O8. The Hall–Kier alpha value is -6.94. The normalized spacial score (nSPS) is 10.8. The van der Waals surface area contributed by atoms with Crippen LogP contribution in [0, 0.1) is 0 Å². The van der Waals surface area contributed by atoms with Gasteiger partial charge in [-0.2, -0.15) is 0 Å². The predicted octanol–water partition coefficient (Wildman–Crippen LogP) is 8.45. The second-order valence-corrected chi connectivity index (χ2v) is 10.8. The molecule has 0 aliphatic carbocycles. The van der Waals surface area contributed by atoms with Gasteiger partial charge in [0.1, 0.15) is 0 Å². The third-order valence-electron chi connectivity index (χ3n) is 7.82. The van der Waals surface area contributed by atoms with Gasteiger partial charge in [0.05, 0.1) is 22.3 Å². The highest BCUT2D eigenvalue weighted by atomic mass is 16.4. The average Bonchev–Trinajstić information content (AvgIpc) is 3.08. The molecule has 0 radical (unpaired) electrons. The minimum Gasteiger partial charge on any atom is -0.478 e. The lowest BCUT2D eigenvalue weighted by atomic mass is 9.80. The van der Waals surface area contributed by atoms with Crippen LogP contribution < -0.4 is 10.6 Å². The average molecular weight is 639 g/mol. The monoisotopic (exact) mass is 638 g/mol. The minimum atomic E-state index is -1.56. The second-order valence-electron chi connectivity index (χ2n) is 10.8. The van der Waals surface area contributed by atoms with Crippen LogP contribution in [-0.4, -0.2) is 44.3 Å². The molecule has 236 valence electrons. The highest BCUT2D eigenvalue weighted by molar-refractivity contribution is 6.27. The summed E-state index contributed by atoms with van der Waals surface area (Å²) < 4.78 is 0. The second kappa shape index (κ2) is 12.8. The molecule has 0 heterocycles. The highest BCUT2D eigenvalue weighted by Gasteiger charge is 2.33. The number of benzene rings is 6. The Morgan fingerprint density at radius 1 is 0.375 bits per heavy atom. The minimum absolute atomic E-state index is 0.0764. The number of carboxylic acids is 4. The van der Waals surface area contributed by atoms with Crippen molar-refractivity contribution in [2.75, 3.05) is 10.6 Å². The topological polar surface area (TPSA) is 173 Å². The van der Waals surface area contributed by atoms with Gasteiger partial charge >= 0.3 is 23.9 Å². The largest absolute Gasteiger partial charge is 0.478 e. The van der Waals surface area contributed by atoms with Gasteiger partial charge in [0.15, 0.2) is 0 Å². The van der Waals surface area contributed by atoms with Gasteiger partial charge in [-0.3, -0.25) is 0 Å². The van der Waals surface area contributed by atoms with Crippen molar-refractivity contribution in [3.63, 3.8) is 0 Å². The molecule has 6 aromatic rings. The number of rotatable bonds is 10. The molecule has 10 nitrogen and oxygen atoms in total. The quantitative estimate of drug-likeness (QED) is 0.0854. The van der Waals surface area contributed by atoms with E-state index >= 15 is 0 Å². The van der Waals surface area contributed by atoms with E-state index in [2.05, 4.69) is 10.6 Å². The van der Waals surface area contributed by atoms with Crippen molar-refractivity contribution in [3.05, 3.63) is 144 Å². The molecule has 0 amide bonds. The summed E-state index contributed by atoms with van der Waals surface area (Å²) in [6.45, 7) is 0. The van der Waals surface area contributed by atoms with Crippen molar-refractivity contribution in [1.82, 2.24) is 0 Å². The summed E-state index contributed by atoms with van der Waals surface area (Å²) in [4.78, 5) is 51.3. The molecule has 0 spiro atoms. The number of hydrogen-bond acceptors (Lipinski definition) is 6. The molecule has 0 saturated heterocycles. The van der Waals surface area contributed by atoms with Gasteiger partial charge in [-0.05, 0) is 71.8 Å². The highest BCUT2D eigenvalue weighted by Crippen LogP contribution is 2.46. The lowest BCUT2D eigenvalue weighted by Gasteiger charge is -2.22. The first kappa shape index (κ1) is 31.1. The van der Waals surface area contributed by atoms with Crippen molar-refractivity contribution >= 4 is 57.4 Å². The van der Waals surface area contributed by atoms with Gasteiger partial charge in [0.2, 0.25) is 0 Å². The first-order chi connectivity index (χ1) is 23.1. The lowest BCUT2D eigenvalue weighted by molar-refractivity contribution is 0.0676. The first-order valence-corrected chi connectivity index (χ1v) is 14.6. The molecule has 0 atom stereocenters. The Labute approximate surface area is 273 Å². The van der Waals surface area contributed by atoms with Crippen molar-refractivity contribution < 1.29 is 39.6 Å². The predicted molar refractivity (Wildman–Crippen MR) is 182 cm³/mol. The molecule has 6 N–H and O–H groups in total. The third-order valence-corrected chi connectivity index (χ3v) is 7.82. The number of carboxylic acid groups (broad SMARTS) is 4. The summed E-state index contributed by atoms with van der Waals surface area (Å²) in [7, 11) is 0. The standard InChI is InChI=1S/C38H26N2O8/c41-35(42)27-19-20-28(36(43)44)32-31(27)33(37(45)46)29(21-11-15-25(16-12-21)39-23-7-3-1-4-8-23)30(34(32)38(47)48)22-13-17-26(18-14-22)40-24-9-5-2-6-10-24/h1-20,39-40H,(H,41,42)(H,43,44)(H,45,46)(H,47,48). The SMILES string of the molecule is O=C(O)c1ccc(C(=O)O)c2c(C(=O)O)c(-c3ccc(Nc4ccccc4)cc3)c(-c3ccc(Nc4ccccc4)cc3)c(C(=O)O)c12. The van der Waals surface area contributed by atoms with E-state index in [-0.39, 0.29) is 22.3 Å². The van der Waals surface area contributed by atoms with Crippen molar-refractivity contribution in [2.45, 2.75) is 0 Å². The molecule has 0 bridgehead atoms. The fourth-order valence-corrected chi connectivity index (χ4v) is 5.80. The van der Waals surface area contributed by atoms with E-state index in [0.717, 1.165) is 23.5 Å². The number of para-hydroxylation sites is 2.